The second kappa shape index (κ2) is 7.23. The lowest BCUT2D eigenvalue weighted by atomic mass is 10.0. The Balaban J connectivity index is 2.18. The molecule has 0 aliphatic carbocycles. The maximum Gasteiger partial charge on any atom is 0.254 e. The van der Waals surface area contributed by atoms with Crippen molar-refractivity contribution in [2.24, 2.45) is 0 Å². The fraction of sp³-hybridized carbons (Fsp3) is 0.562. The molecule has 1 aromatic rings. The van der Waals surface area contributed by atoms with Crippen LogP contribution in [0.25, 0.3) is 0 Å². The van der Waals surface area contributed by atoms with Gasteiger partial charge in [0.25, 0.3) is 5.91 Å². The molecule has 0 unspecified atom stereocenters. The summed E-state index contributed by atoms with van der Waals surface area (Å²) in [6.45, 7) is 7.03. The third kappa shape index (κ3) is 3.61. The van der Waals surface area contributed by atoms with Crippen LogP contribution >= 0.6 is 15.9 Å². The second-order valence-electron chi connectivity index (χ2n) is 5.44. The summed E-state index contributed by atoms with van der Waals surface area (Å²) >= 11 is 3.49. The second-order valence-corrected chi connectivity index (χ2v) is 6.30. The molecule has 20 heavy (non-hydrogen) atoms. The predicted octanol–water partition coefficient (Wildman–Crippen LogP) is 3.36. The Morgan fingerprint density at radius 1 is 1.40 bits per heavy atom. The number of nitrogens with one attached hydrogen (secondary N) is 1. The number of hydrogen-bond acceptors (Lipinski definition) is 2. The van der Waals surface area contributed by atoms with Crippen LogP contribution in [0.2, 0.25) is 0 Å². The van der Waals surface area contributed by atoms with E-state index < -0.39 is 0 Å². The van der Waals surface area contributed by atoms with Crippen molar-refractivity contribution in [3.8, 4) is 0 Å². The van der Waals surface area contributed by atoms with E-state index in [1.54, 1.807) is 0 Å². The van der Waals surface area contributed by atoms with E-state index >= 15 is 0 Å². The van der Waals surface area contributed by atoms with E-state index in [1.165, 1.54) is 0 Å². The lowest BCUT2D eigenvalue weighted by Gasteiger charge is -2.34. The van der Waals surface area contributed by atoms with Gasteiger partial charge in [-0.05, 0) is 63.0 Å². The monoisotopic (exact) mass is 338 g/mol. The minimum Gasteiger partial charge on any atom is -0.336 e. The van der Waals surface area contributed by atoms with Crippen LogP contribution in [-0.2, 0) is 0 Å². The molecule has 1 aromatic carbocycles. The van der Waals surface area contributed by atoms with Gasteiger partial charge in [0.05, 0.1) is 0 Å². The topological polar surface area (TPSA) is 32.3 Å². The molecule has 1 amide bonds. The molecular weight excluding hydrogens is 316 g/mol. The third-order valence-corrected chi connectivity index (χ3v) is 4.77. The number of carbonyl (C=O) groups is 1. The van der Waals surface area contributed by atoms with Gasteiger partial charge in [-0.3, -0.25) is 4.79 Å². The molecule has 4 heteroatoms. The first-order chi connectivity index (χ1) is 9.63. The van der Waals surface area contributed by atoms with Crippen LogP contribution in [0.1, 0.15) is 42.1 Å². The van der Waals surface area contributed by atoms with Gasteiger partial charge < -0.3 is 10.2 Å². The van der Waals surface area contributed by atoms with Gasteiger partial charge in [-0.2, -0.15) is 0 Å². The van der Waals surface area contributed by atoms with Crippen molar-refractivity contribution in [1.82, 2.24) is 10.2 Å². The normalized spacial score (nSPS) is 16.1. The highest BCUT2D eigenvalue weighted by Crippen LogP contribution is 2.21. The highest BCUT2D eigenvalue weighted by Gasteiger charge is 2.25. The molecule has 0 aromatic heterocycles. The van der Waals surface area contributed by atoms with E-state index in [4.69, 9.17) is 0 Å². The van der Waals surface area contributed by atoms with E-state index in [-0.39, 0.29) is 5.91 Å². The first-order valence-electron chi connectivity index (χ1n) is 7.41. The van der Waals surface area contributed by atoms with E-state index in [2.05, 4.69) is 33.1 Å². The van der Waals surface area contributed by atoms with Gasteiger partial charge in [-0.25, -0.2) is 0 Å². The number of hydrogen-bond donors (Lipinski definition) is 1. The summed E-state index contributed by atoms with van der Waals surface area (Å²) < 4.78 is 1.05. The van der Waals surface area contributed by atoms with Crippen molar-refractivity contribution < 1.29 is 4.79 Å². The number of benzene rings is 1. The number of halogens is 1. The highest BCUT2D eigenvalue weighted by atomic mass is 79.9. The Hall–Kier alpha value is -0.870. The molecule has 1 aliphatic rings. The SMILES string of the molecule is CCCN(C(=O)c1ccc(Br)c(C)c1)C1CCNCC1. The standard InChI is InChI=1S/C16H23BrN2O/c1-3-10-19(14-6-8-18-9-7-14)16(20)13-4-5-15(17)12(2)11-13/h4-5,11,14,18H,3,6-10H2,1-2H3. The summed E-state index contributed by atoms with van der Waals surface area (Å²) in [5, 5.41) is 3.36. The molecule has 1 heterocycles. The van der Waals surface area contributed by atoms with Crippen LogP contribution in [0.15, 0.2) is 22.7 Å². The fourth-order valence-electron chi connectivity index (χ4n) is 2.75. The molecule has 0 atom stereocenters. The van der Waals surface area contributed by atoms with Gasteiger partial charge in [0.2, 0.25) is 0 Å². The lowest BCUT2D eigenvalue weighted by Crippen LogP contribution is -2.46. The molecule has 3 nitrogen and oxygen atoms in total. The first-order valence-corrected chi connectivity index (χ1v) is 8.20. The van der Waals surface area contributed by atoms with Crippen molar-refractivity contribution in [2.45, 2.75) is 39.2 Å². The molecule has 0 radical (unpaired) electrons. The van der Waals surface area contributed by atoms with Gasteiger partial charge in [0.15, 0.2) is 0 Å². The molecule has 110 valence electrons. The molecular formula is C16H23BrN2O. The number of rotatable bonds is 4. The molecule has 0 spiro atoms. The molecule has 0 saturated carbocycles. The Kier molecular flexibility index (Phi) is 5.61. The Morgan fingerprint density at radius 3 is 2.70 bits per heavy atom. The van der Waals surface area contributed by atoms with Crippen LogP contribution in [0.4, 0.5) is 0 Å². The zero-order chi connectivity index (χ0) is 14.5. The quantitative estimate of drug-likeness (QED) is 0.912. The first kappa shape index (κ1) is 15.5. The molecule has 1 N–H and O–H groups in total. The molecule has 1 aliphatic heterocycles. The minimum atomic E-state index is 0.175. The van der Waals surface area contributed by atoms with Gasteiger partial charge in [-0.15, -0.1) is 0 Å². The summed E-state index contributed by atoms with van der Waals surface area (Å²) in [4.78, 5) is 14.9. The Labute approximate surface area is 129 Å². The molecule has 0 bridgehead atoms. The van der Waals surface area contributed by atoms with Gasteiger partial charge in [0.1, 0.15) is 0 Å². The predicted molar refractivity (Wildman–Crippen MR) is 86.1 cm³/mol. The highest BCUT2D eigenvalue weighted by molar-refractivity contribution is 9.10. The van der Waals surface area contributed by atoms with Crippen LogP contribution in [0, 0.1) is 6.92 Å². The van der Waals surface area contributed by atoms with Crippen molar-refractivity contribution >= 4 is 21.8 Å². The Morgan fingerprint density at radius 2 is 2.10 bits per heavy atom. The summed E-state index contributed by atoms with van der Waals surface area (Å²) in [6, 6.07) is 6.25. The summed E-state index contributed by atoms with van der Waals surface area (Å²) in [5.41, 5.74) is 1.91. The summed E-state index contributed by atoms with van der Waals surface area (Å²) in [5.74, 6) is 0.175. The maximum atomic E-state index is 12.8. The van der Waals surface area contributed by atoms with Gasteiger partial charge in [-0.1, -0.05) is 22.9 Å². The maximum absolute atomic E-state index is 12.8. The number of piperidine rings is 1. The number of amides is 1. The minimum absolute atomic E-state index is 0.175. The number of aryl methyl sites for hydroxylation is 1. The fourth-order valence-corrected chi connectivity index (χ4v) is 3.00. The van der Waals surface area contributed by atoms with E-state index in [1.807, 2.05) is 25.1 Å². The molecule has 2 rings (SSSR count). The average Bonchev–Trinajstić information content (AvgIpc) is 2.48. The van der Waals surface area contributed by atoms with E-state index in [0.717, 1.165) is 54.5 Å². The Bertz CT molecular complexity index is 470. The van der Waals surface area contributed by atoms with Crippen LogP contribution in [-0.4, -0.2) is 36.5 Å². The van der Waals surface area contributed by atoms with Crippen molar-refractivity contribution in [3.05, 3.63) is 33.8 Å². The largest absolute Gasteiger partial charge is 0.336 e. The van der Waals surface area contributed by atoms with E-state index in [9.17, 15) is 4.79 Å². The molecule has 1 saturated heterocycles. The van der Waals surface area contributed by atoms with Crippen LogP contribution in [0.3, 0.4) is 0 Å². The van der Waals surface area contributed by atoms with Crippen molar-refractivity contribution in [2.75, 3.05) is 19.6 Å². The van der Waals surface area contributed by atoms with Crippen molar-refractivity contribution in [3.63, 3.8) is 0 Å². The zero-order valence-electron chi connectivity index (χ0n) is 12.3. The van der Waals surface area contributed by atoms with Gasteiger partial charge >= 0.3 is 0 Å². The van der Waals surface area contributed by atoms with E-state index in [0.29, 0.717) is 6.04 Å². The summed E-state index contributed by atoms with van der Waals surface area (Å²) in [7, 11) is 0. The molecule has 1 fully saturated rings. The third-order valence-electron chi connectivity index (χ3n) is 3.88. The van der Waals surface area contributed by atoms with Gasteiger partial charge in [0, 0.05) is 22.6 Å². The lowest BCUT2D eigenvalue weighted by molar-refractivity contribution is 0.0642. The zero-order valence-corrected chi connectivity index (χ0v) is 13.9. The number of carbonyl (C=O) groups excluding carboxylic acids is 1. The van der Waals surface area contributed by atoms with Crippen LogP contribution in [0.5, 0.6) is 0 Å². The average molecular weight is 339 g/mol. The summed E-state index contributed by atoms with van der Waals surface area (Å²) in [6.07, 6.45) is 3.12. The smallest absolute Gasteiger partial charge is 0.254 e. The van der Waals surface area contributed by atoms with Crippen molar-refractivity contribution in [1.29, 1.82) is 0 Å². The number of nitrogens with zero attached hydrogens (tertiary/aromatic N) is 1. The van der Waals surface area contributed by atoms with Crippen LogP contribution < -0.4 is 5.32 Å².